The van der Waals surface area contributed by atoms with Gasteiger partial charge < -0.3 is 9.64 Å². The van der Waals surface area contributed by atoms with E-state index in [1.165, 1.54) is 5.56 Å². The Balaban J connectivity index is 1.49. The molecule has 0 amide bonds. The second-order valence-electron chi connectivity index (χ2n) is 6.54. The number of ketones is 1. The lowest BCUT2D eigenvalue weighted by Crippen LogP contribution is -2.47. The van der Waals surface area contributed by atoms with Gasteiger partial charge in [-0.3, -0.25) is 9.69 Å². The Hall–Kier alpha value is -2.33. The van der Waals surface area contributed by atoms with Gasteiger partial charge in [0.05, 0.1) is 12.8 Å². The van der Waals surface area contributed by atoms with E-state index in [0.29, 0.717) is 6.42 Å². The molecule has 0 aromatic heterocycles. The predicted octanol–water partition coefficient (Wildman–Crippen LogP) is 3.40. The normalized spacial score (nSPS) is 15.2. The zero-order valence-corrected chi connectivity index (χ0v) is 15.1. The van der Waals surface area contributed by atoms with Crippen LogP contribution in [0.2, 0.25) is 0 Å². The quantitative estimate of drug-likeness (QED) is 0.756. The van der Waals surface area contributed by atoms with E-state index in [9.17, 15) is 4.79 Å². The Kier molecular flexibility index (Phi) is 5.71. The number of aryl methyl sites for hydroxylation is 1. The summed E-state index contributed by atoms with van der Waals surface area (Å²) in [6, 6.07) is 16.0. The molecule has 1 heterocycles. The third kappa shape index (κ3) is 4.40. The Labute approximate surface area is 150 Å². The van der Waals surface area contributed by atoms with E-state index < -0.39 is 0 Å². The molecule has 1 aliphatic heterocycles. The minimum atomic E-state index is 0.229. The number of benzene rings is 2. The molecule has 0 N–H and O–H groups in total. The van der Waals surface area contributed by atoms with E-state index in [-0.39, 0.29) is 5.78 Å². The monoisotopic (exact) mass is 338 g/mol. The van der Waals surface area contributed by atoms with Crippen LogP contribution in [0.15, 0.2) is 48.5 Å². The summed E-state index contributed by atoms with van der Waals surface area (Å²) in [5.74, 6) is 1.15. The number of anilines is 1. The lowest BCUT2D eigenvalue weighted by molar-refractivity contribution is 0.0962. The fourth-order valence-corrected chi connectivity index (χ4v) is 3.25. The molecule has 1 fully saturated rings. The largest absolute Gasteiger partial charge is 0.495 e. The molecule has 2 aromatic carbocycles. The molecule has 4 heteroatoms. The van der Waals surface area contributed by atoms with Crippen molar-refractivity contribution in [3.8, 4) is 5.75 Å². The first-order valence-electron chi connectivity index (χ1n) is 8.87. The van der Waals surface area contributed by atoms with Crippen molar-refractivity contribution in [1.82, 2.24) is 4.90 Å². The average molecular weight is 338 g/mol. The van der Waals surface area contributed by atoms with Crippen LogP contribution in [0.3, 0.4) is 0 Å². The van der Waals surface area contributed by atoms with Crippen molar-refractivity contribution >= 4 is 11.5 Å². The molecule has 0 radical (unpaired) electrons. The van der Waals surface area contributed by atoms with Gasteiger partial charge in [0.15, 0.2) is 5.78 Å². The highest BCUT2D eigenvalue weighted by atomic mass is 16.5. The number of para-hydroxylation sites is 2. The van der Waals surface area contributed by atoms with E-state index >= 15 is 0 Å². The van der Waals surface area contributed by atoms with Crippen LogP contribution in [0, 0.1) is 6.92 Å². The van der Waals surface area contributed by atoms with Crippen LogP contribution in [0.5, 0.6) is 5.75 Å². The number of hydrogen-bond donors (Lipinski definition) is 0. The molecule has 3 rings (SSSR count). The van der Waals surface area contributed by atoms with Crippen LogP contribution >= 0.6 is 0 Å². The summed E-state index contributed by atoms with van der Waals surface area (Å²) in [7, 11) is 1.71. The number of ether oxygens (including phenoxy) is 1. The Bertz CT molecular complexity index is 704. The van der Waals surface area contributed by atoms with Gasteiger partial charge in [0.1, 0.15) is 5.75 Å². The number of carbonyl (C=O) groups is 1. The van der Waals surface area contributed by atoms with Crippen molar-refractivity contribution in [2.24, 2.45) is 0 Å². The van der Waals surface area contributed by atoms with Crippen molar-refractivity contribution < 1.29 is 9.53 Å². The minimum Gasteiger partial charge on any atom is -0.495 e. The number of piperazine rings is 1. The number of hydrogen-bond acceptors (Lipinski definition) is 4. The van der Waals surface area contributed by atoms with Gasteiger partial charge in [-0.05, 0) is 19.1 Å². The molecule has 0 spiro atoms. The maximum Gasteiger partial charge on any atom is 0.164 e. The zero-order chi connectivity index (χ0) is 17.6. The maximum absolute atomic E-state index is 12.3. The van der Waals surface area contributed by atoms with Gasteiger partial charge in [-0.1, -0.05) is 42.0 Å². The molecule has 0 aliphatic carbocycles. The molecule has 1 saturated heterocycles. The van der Waals surface area contributed by atoms with Gasteiger partial charge in [0, 0.05) is 44.7 Å². The van der Waals surface area contributed by atoms with Gasteiger partial charge in [0.25, 0.3) is 0 Å². The second-order valence-corrected chi connectivity index (χ2v) is 6.54. The number of Topliss-reactive ketones (excluding diaryl/α,β-unsaturated/α-hetero) is 1. The summed E-state index contributed by atoms with van der Waals surface area (Å²) in [6.07, 6.45) is 0.581. The van der Waals surface area contributed by atoms with Crippen molar-refractivity contribution in [3.63, 3.8) is 0 Å². The first-order valence-corrected chi connectivity index (χ1v) is 8.87. The zero-order valence-electron chi connectivity index (χ0n) is 15.1. The molecule has 0 bridgehead atoms. The van der Waals surface area contributed by atoms with Gasteiger partial charge in [0.2, 0.25) is 0 Å². The van der Waals surface area contributed by atoms with Crippen LogP contribution in [-0.2, 0) is 0 Å². The number of carbonyl (C=O) groups excluding carboxylic acids is 1. The van der Waals surface area contributed by atoms with Crippen LogP contribution < -0.4 is 9.64 Å². The molecule has 0 atom stereocenters. The van der Waals surface area contributed by atoms with E-state index in [1.807, 2.05) is 49.4 Å². The van der Waals surface area contributed by atoms with Gasteiger partial charge in [-0.15, -0.1) is 0 Å². The third-order valence-electron chi connectivity index (χ3n) is 4.83. The first kappa shape index (κ1) is 17.5. The van der Waals surface area contributed by atoms with Crippen LogP contribution in [-0.4, -0.2) is 50.5 Å². The molecule has 1 aliphatic rings. The maximum atomic E-state index is 12.3. The Morgan fingerprint density at radius 1 is 1.00 bits per heavy atom. The molecule has 4 nitrogen and oxygen atoms in total. The molecule has 0 saturated carbocycles. The highest BCUT2D eigenvalue weighted by Crippen LogP contribution is 2.28. The summed E-state index contributed by atoms with van der Waals surface area (Å²) in [4.78, 5) is 17.0. The topological polar surface area (TPSA) is 32.8 Å². The van der Waals surface area contributed by atoms with E-state index in [1.54, 1.807) is 7.11 Å². The van der Waals surface area contributed by atoms with E-state index in [4.69, 9.17) is 4.74 Å². The molecule has 132 valence electrons. The van der Waals surface area contributed by atoms with Gasteiger partial charge in [-0.2, -0.15) is 0 Å². The Morgan fingerprint density at radius 3 is 2.36 bits per heavy atom. The summed E-state index contributed by atoms with van der Waals surface area (Å²) < 4.78 is 5.46. The fraction of sp³-hybridized carbons (Fsp3) is 0.381. The fourth-order valence-electron chi connectivity index (χ4n) is 3.25. The van der Waals surface area contributed by atoms with Crippen molar-refractivity contribution in [1.29, 1.82) is 0 Å². The molecular formula is C21H26N2O2. The third-order valence-corrected chi connectivity index (χ3v) is 4.83. The van der Waals surface area contributed by atoms with Crippen LogP contribution in [0.1, 0.15) is 22.3 Å². The lowest BCUT2D eigenvalue weighted by Gasteiger charge is -2.36. The van der Waals surface area contributed by atoms with Crippen molar-refractivity contribution in [2.75, 3.05) is 44.7 Å². The van der Waals surface area contributed by atoms with Gasteiger partial charge >= 0.3 is 0 Å². The SMILES string of the molecule is COc1ccccc1N1CCN(CCC(=O)c2ccc(C)cc2)CC1. The highest BCUT2D eigenvalue weighted by molar-refractivity contribution is 5.96. The average Bonchev–Trinajstić information content (AvgIpc) is 2.67. The van der Waals surface area contributed by atoms with E-state index in [2.05, 4.69) is 15.9 Å². The molecular weight excluding hydrogens is 312 g/mol. The summed E-state index contributed by atoms with van der Waals surface area (Å²) in [6.45, 7) is 6.72. The number of nitrogens with zero attached hydrogens (tertiary/aromatic N) is 2. The van der Waals surface area contributed by atoms with Crippen LogP contribution in [0.25, 0.3) is 0 Å². The standard InChI is InChI=1S/C21H26N2O2/c1-17-7-9-18(10-8-17)20(24)11-12-22-13-15-23(16-14-22)19-5-3-4-6-21(19)25-2/h3-10H,11-16H2,1-2H3. The number of rotatable bonds is 6. The lowest BCUT2D eigenvalue weighted by atomic mass is 10.1. The smallest absolute Gasteiger partial charge is 0.164 e. The predicted molar refractivity (Wildman–Crippen MR) is 102 cm³/mol. The molecule has 2 aromatic rings. The second kappa shape index (κ2) is 8.17. The van der Waals surface area contributed by atoms with Crippen molar-refractivity contribution in [3.05, 3.63) is 59.7 Å². The Morgan fingerprint density at radius 2 is 1.68 bits per heavy atom. The van der Waals surface area contributed by atoms with Crippen LogP contribution in [0.4, 0.5) is 5.69 Å². The van der Waals surface area contributed by atoms with Crippen molar-refractivity contribution in [2.45, 2.75) is 13.3 Å². The van der Waals surface area contributed by atoms with Gasteiger partial charge in [-0.25, -0.2) is 0 Å². The van der Waals surface area contributed by atoms with E-state index in [0.717, 1.165) is 49.7 Å². The highest BCUT2D eigenvalue weighted by Gasteiger charge is 2.20. The summed E-state index contributed by atoms with van der Waals surface area (Å²) in [5, 5.41) is 0. The first-order chi connectivity index (χ1) is 12.2. The minimum absolute atomic E-state index is 0.229. The molecule has 25 heavy (non-hydrogen) atoms. The summed E-state index contributed by atoms with van der Waals surface area (Å²) >= 11 is 0. The number of methoxy groups -OCH3 is 1. The summed E-state index contributed by atoms with van der Waals surface area (Å²) in [5.41, 5.74) is 3.16. The molecule has 0 unspecified atom stereocenters.